The summed E-state index contributed by atoms with van der Waals surface area (Å²) >= 11 is 0. The van der Waals surface area contributed by atoms with E-state index in [0.29, 0.717) is 29.5 Å². The molecule has 1 saturated heterocycles. The molecule has 0 bridgehead atoms. The predicted octanol–water partition coefficient (Wildman–Crippen LogP) is 3.14. The average Bonchev–Trinajstić information content (AvgIpc) is 2.78. The topological polar surface area (TPSA) is 103 Å². The number of ether oxygens (including phenoxy) is 1. The lowest BCUT2D eigenvalue weighted by Gasteiger charge is -2.48. The predicted molar refractivity (Wildman–Crippen MR) is 126 cm³/mol. The number of fused-ring (bicyclic) bond motifs is 2. The van der Waals surface area contributed by atoms with Gasteiger partial charge in [0.1, 0.15) is 11.4 Å². The van der Waals surface area contributed by atoms with E-state index in [2.05, 4.69) is 21.8 Å². The lowest BCUT2D eigenvalue weighted by Crippen LogP contribution is -2.53. The van der Waals surface area contributed by atoms with E-state index in [-0.39, 0.29) is 5.60 Å². The number of hydrogen-bond donors (Lipinski definition) is 2. The molecule has 2 aromatic rings. The highest BCUT2D eigenvalue weighted by atomic mass is 35.1. The number of piperidine rings is 1. The Bertz CT molecular complexity index is 1210. The first kappa shape index (κ1) is 22.2. The molecule has 0 aromatic heterocycles. The second kappa shape index (κ2) is 8.32. The zero-order chi connectivity index (χ0) is 23.2. The van der Waals surface area contributed by atoms with Crippen LogP contribution in [-0.4, -0.2) is 49.4 Å². The Morgan fingerprint density at radius 1 is 1.18 bits per heavy atom. The van der Waals surface area contributed by atoms with Gasteiger partial charge < -0.3 is 9.84 Å². The minimum atomic E-state index is -3.38. The number of anilines is 1. The summed E-state index contributed by atoms with van der Waals surface area (Å²) < 4.78 is 32.0. The van der Waals surface area contributed by atoms with Crippen molar-refractivity contribution in [1.29, 1.82) is 5.26 Å². The molecular weight excluding hydrogens is 441 g/mol. The van der Waals surface area contributed by atoms with Crippen LogP contribution >= 0.6 is 0 Å². The maximum Gasteiger partial charge on any atom is 0.229 e. The minimum Gasteiger partial charge on any atom is -0.487 e. The Kier molecular flexibility index (Phi) is 5.60. The van der Waals surface area contributed by atoms with Crippen molar-refractivity contribution in [3.63, 3.8) is 0 Å². The molecule has 7 nitrogen and oxygen atoms in total. The van der Waals surface area contributed by atoms with Gasteiger partial charge in [-0.2, -0.15) is 5.26 Å². The van der Waals surface area contributed by atoms with E-state index in [4.69, 9.17) is 10.00 Å². The number of sulfonamides is 1. The molecule has 0 saturated carbocycles. The van der Waals surface area contributed by atoms with E-state index < -0.39 is 16.1 Å². The molecule has 2 aromatic carbocycles. The van der Waals surface area contributed by atoms with Gasteiger partial charge in [-0.15, -0.1) is 0 Å². The largest absolute Gasteiger partial charge is 0.487 e. The number of aliphatic hydroxyl groups excluding tert-OH is 1. The van der Waals surface area contributed by atoms with Crippen LogP contribution < -0.4 is 9.46 Å². The normalized spacial score (nSPS) is 24.3. The van der Waals surface area contributed by atoms with Crippen LogP contribution in [0.5, 0.6) is 5.75 Å². The van der Waals surface area contributed by atoms with Gasteiger partial charge in [0, 0.05) is 36.8 Å². The van der Waals surface area contributed by atoms with Gasteiger partial charge in [0.2, 0.25) is 10.0 Å². The quantitative estimate of drug-likeness (QED) is 0.715. The number of aliphatic hydroxyl groups is 1. The third-order valence-electron chi connectivity index (χ3n) is 7.33. The minimum absolute atomic E-state index is 0.386. The van der Waals surface area contributed by atoms with Crippen LogP contribution in [0.2, 0.25) is 0 Å². The molecular formula is C25H29N3O4S. The van der Waals surface area contributed by atoms with Crippen LogP contribution in [0, 0.1) is 11.3 Å². The van der Waals surface area contributed by atoms with E-state index in [1.54, 1.807) is 18.2 Å². The van der Waals surface area contributed by atoms with Crippen molar-refractivity contribution in [2.75, 3.05) is 24.1 Å². The summed E-state index contributed by atoms with van der Waals surface area (Å²) in [5, 5.41) is 20.0. The number of nitriles is 1. The first-order chi connectivity index (χ1) is 15.7. The lowest BCUT2D eigenvalue weighted by atomic mass is 9.80. The molecule has 2 atom stereocenters. The van der Waals surface area contributed by atoms with Crippen molar-refractivity contribution >= 4 is 15.7 Å². The van der Waals surface area contributed by atoms with Crippen molar-refractivity contribution in [3.8, 4) is 11.8 Å². The number of hydrogen-bond acceptors (Lipinski definition) is 6. The highest BCUT2D eigenvalue weighted by Gasteiger charge is 2.44. The van der Waals surface area contributed by atoms with Crippen LogP contribution in [0.1, 0.15) is 54.0 Å². The Morgan fingerprint density at radius 2 is 1.97 bits per heavy atom. The van der Waals surface area contributed by atoms with E-state index in [1.165, 1.54) is 11.1 Å². The summed E-state index contributed by atoms with van der Waals surface area (Å²) in [4.78, 5) is 2.55. The molecule has 0 radical (unpaired) electrons. The van der Waals surface area contributed by atoms with Gasteiger partial charge in [0.25, 0.3) is 0 Å². The fourth-order valence-electron chi connectivity index (χ4n) is 5.64. The van der Waals surface area contributed by atoms with Crippen molar-refractivity contribution in [2.24, 2.45) is 0 Å². The number of nitrogens with zero attached hydrogens (tertiary/aromatic N) is 2. The van der Waals surface area contributed by atoms with Crippen LogP contribution in [0.15, 0.2) is 36.4 Å². The van der Waals surface area contributed by atoms with Gasteiger partial charge in [-0.1, -0.05) is 6.07 Å². The summed E-state index contributed by atoms with van der Waals surface area (Å²) in [6, 6.07) is 13.9. The first-order valence-electron chi connectivity index (χ1n) is 11.5. The second-order valence-corrected chi connectivity index (χ2v) is 11.4. The second-order valence-electron chi connectivity index (χ2n) is 9.66. The molecule has 2 N–H and O–H groups in total. The molecule has 1 spiro atoms. The summed E-state index contributed by atoms with van der Waals surface area (Å²) in [5.74, 6) is 0.640. The molecule has 5 rings (SSSR count). The maximum absolute atomic E-state index is 11.5. The summed E-state index contributed by atoms with van der Waals surface area (Å²) in [6.07, 6.45) is 5.75. The molecule has 2 aliphatic heterocycles. The van der Waals surface area contributed by atoms with Gasteiger partial charge in [0.05, 0.1) is 24.0 Å². The fraction of sp³-hybridized carbons (Fsp3) is 0.480. The molecule has 33 heavy (non-hydrogen) atoms. The molecule has 2 heterocycles. The van der Waals surface area contributed by atoms with E-state index in [0.717, 1.165) is 57.0 Å². The number of benzene rings is 2. The van der Waals surface area contributed by atoms with E-state index in [9.17, 15) is 13.5 Å². The average molecular weight is 470 g/mol. The van der Waals surface area contributed by atoms with Gasteiger partial charge >= 0.3 is 0 Å². The number of rotatable bonds is 3. The van der Waals surface area contributed by atoms with Gasteiger partial charge in [-0.25, -0.2) is 8.42 Å². The van der Waals surface area contributed by atoms with Crippen LogP contribution in [0.25, 0.3) is 0 Å². The smallest absolute Gasteiger partial charge is 0.229 e. The number of nitrogens with one attached hydrogen (secondary N) is 1. The monoisotopic (exact) mass is 470 g/mol. The standard InChI is InChI=1S/C25H29N3O4S/c1-33(30,31)27-20-5-7-24-22(14-20)23(29)15-25(32-24)8-10-28(11-9-25)21-6-4-18-12-17(16-26)2-3-19(18)13-21/h2-3,5,7,12,14,21,23,27,29H,4,6,8-11,13,15H2,1H3/t21-,23-/m1/s1/i33+3. The van der Waals surface area contributed by atoms with Crippen LogP contribution in [0.3, 0.4) is 0 Å². The Hall–Kier alpha value is -2.60. The van der Waals surface area contributed by atoms with E-state index >= 15 is 0 Å². The molecule has 1 fully saturated rings. The van der Waals surface area contributed by atoms with E-state index in [1.807, 2.05) is 12.1 Å². The van der Waals surface area contributed by atoms with Gasteiger partial charge in [-0.05, 0) is 73.6 Å². The fourth-order valence-corrected chi connectivity index (χ4v) is 6.19. The van der Waals surface area contributed by atoms with Crippen molar-refractivity contribution < 1.29 is 18.3 Å². The molecule has 8 heteroatoms. The zero-order valence-corrected chi connectivity index (χ0v) is 19.6. The maximum atomic E-state index is 11.5. The zero-order valence-electron chi connectivity index (χ0n) is 18.8. The molecule has 174 valence electrons. The Labute approximate surface area is 195 Å². The lowest BCUT2D eigenvalue weighted by molar-refractivity contribution is -0.0608. The molecule has 0 unspecified atom stereocenters. The molecule has 0 amide bonds. The number of aryl methyl sites for hydroxylation is 1. The Balaban J connectivity index is 1.25. The van der Waals surface area contributed by atoms with Crippen molar-refractivity contribution in [1.82, 2.24) is 4.90 Å². The summed E-state index contributed by atoms with van der Waals surface area (Å²) in [5.41, 5.74) is 4.07. The van der Waals surface area contributed by atoms with Crippen LogP contribution in [0.4, 0.5) is 5.69 Å². The first-order valence-corrected chi connectivity index (χ1v) is 13.4. The SMILES string of the molecule is C[35S](=O)(=O)Nc1ccc2c(c1)[C@H](O)CC1(CCN([C@@H]3CCc4cc(C#N)ccc4C3)CC1)O2. The number of likely N-dealkylation sites (tertiary alicyclic amines) is 1. The van der Waals surface area contributed by atoms with Crippen molar-refractivity contribution in [3.05, 3.63) is 58.7 Å². The highest BCUT2D eigenvalue weighted by Crippen LogP contribution is 2.45. The molecule has 3 aliphatic rings. The Morgan fingerprint density at radius 3 is 2.70 bits per heavy atom. The summed E-state index contributed by atoms with van der Waals surface area (Å²) in [6.45, 7) is 1.85. The third kappa shape index (κ3) is 4.58. The third-order valence-corrected chi connectivity index (χ3v) is 7.93. The highest BCUT2D eigenvalue weighted by molar-refractivity contribution is 7.92. The van der Waals surface area contributed by atoms with Gasteiger partial charge in [-0.3, -0.25) is 9.62 Å². The molecule has 1 aliphatic carbocycles. The summed E-state index contributed by atoms with van der Waals surface area (Å²) in [7, 11) is -3.38. The van der Waals surface area contributed by atoms with Gasteiger partial charge in [0.15, 0.2) is 0 Å². The van der Waals surface area contributed by atoms with Crippen LogP contribution in [-0.2, 0) is 22.9 Å². The van der Waals surface area contributed by atoms with Crippen molar-refractivity contribution in [2.45, 2.75) is 56.3 Å².